The van der Waals surface area contributed by atoms with E-state index in [0.717, 1.165) is 5.56 Å². The van der Waals surface area contributed by atoms with Gasteiger partial charge in [0, 0.05) is 11.1 Å². The molecule has 0 fully saturated rings. The summed E-state index contributed by atoms with van der Waals surface area (Å²) in [4.78, 5) is 12.3. The normalized spacial score (nSPS) is 12.0. The average molecular weight is 310 g/mol. The molecule has 1 atom stereocenters. The zero-order valence-electron chi connectivity index (χ0n) is 12.0. The zero-order chi connectivity index (χ0) is 15.4. The molecule has 0 N–H and O–H groups in total. The van der Waals surface area contributed by atoms with Crippen molar-refractivity contribution in [1.29, 1.82) is 0 Å². The zero-order valence-corrected chi connectivity index (χ0v) is 12.8. The smallest absolute Gasteiger partial charge is 0.277 e. The molecule has 1 aromatic heterocycles. The minimum atomic E-state index is -0.286. The second kappa shape index (κ2) is 6.58. The average Bonchev–Trinajstić information content (AvgIpc) is 3.04. The summed E-state index contributed by atoms with van der Waals surface area (Å²) in [5.74, 6) is 0.507. The van der Waals surface area contributed by atoms with Gasteiger partial charge in [0.15, 0.2) is 5.78 Å². The lowest BCUT2D eigenvalue weighted by Crippen LogP contribution is -2.13. The third-order valence-corrected chi connectivity index (χ3v) is 4.07. The highest BCUT2D eigenvalue weighted by Gasteiger charge is 2.19. The predicted molar refractivity (Wildman–Crippen MR) is 85.8 cm³/mol. The van der Waals surface area contributed by atoms with Crippen molar-refractivity contribution in [2.45, 2.75) is 17.4 Å². The third kappa shape index (κ3) is 3.26. The largest absolute Gasteiger partial charge is 0.411 e. The van der Waals surface area contributed by atoms with Gasteiger partial charge in [0.1, 0.15) is 0 Å². The SMILES string of the molecule is CC(Sc1nnc(-c2ccccc2)o1)C(=O)c1ccccc1. The number of benzene rings is 2. The molecule has 5 heteroatoms. The summed E-state index contributed by atoms with van der Waals surface area (Å²) in [6, 6.07) is 18.8. The minimum Gasteiger partial charge on any atom is -0.411 e. The molecular formula is C17H14N2O2S. The fraction of sp³-hybridized carbons (Fsp3) is 0.118. The Morgan fingerprint density at radius 2 is 1.64 bits per heavy atom. The Morgan fingerprint density at radius 1 is 1.00 bits per heavy atom. The minimum absolute atomic E-state index is 0.0464. The van der Waals surface area contributed by atoms with Crippen LogP contribution in [0.3, 0.4) is 0 Å². The topological polar surface area (TPSA) is 56.0 Å². The number of rotatable bonds is 5. The van der Waals surface area contributed by atoms with Crippen molar-refractivity contribution in [1.82, 2.24) is 10.2 Å². The molecular weight excluding hydrogens is 296 g/mol. The standard InChI is InChI=1S/C17H14N2O2S/c1-12(15(20)13-8-4-2-5-9-13)22-17-19-18-16(21-17)14-10-6-3-7-11-14/h2-12H,1H3. The lowest BCUT2D eigenvalue weighted by atomic mass is 10.1. The first kappa shape index (κ1) is 14.5. The molecule has 4 nitrogen and oxygen atoms in total. The van der Waals surface area contributed by atoms with Gasteiger partial charge in [-0.1, -0.05) is 60.3 Å². The van der Waals surface area contributed by atoms with E-state index in [-0.39, 0.29) is 11.0 Å². The molecule has 1 heterocycles. The second-order valence-corrected chi connectivity index (χ2v) is 6.02. The third-order valence-electron chi connectivity index (χ3n) is 3.13. The number of Topliss-reactive ketones (excluding diaryl/α,β-unsaturated/α-hetero) is 1. The van der Waals surface area contributed by atoms with Crippen LogP contribution in [0.1, 0.15) is 17.3 Å². The van der Waals surface area contributed by atoms with E-state index in [4.69, 9.17) is 4.42 Å². The first-order valence-electron chi connectivity index (χ1n) is 6.89. The maximum Gasteiger partial charge on any atom is 0.277 e. The van der Waals surface area contributed by atoms with Crippen LogP contribution in [0.4, 0.5) is 0 Å². The molecule has 3 rings (SSSR count). The Labute approximate surface area is 132 Å². The van der Waals surface area contributed by atoms with Gasteiger partial charge in [-0.25, -0.2) is 0 Å². The van der Waals surface area contributed by atoms with Gasteiger partial charge in [0.25, 0.3) is 5.22 Å². The Hall–Kier alpha value is -2.40. The number of nitrogens with zero attached hydrogens (tertiary/aromatic N) is 2. The first-order chi connectivity index (χ1) is 10.7. The first-order valence-corrected chi connectivity index (χ1v) is 7.77. The van der Waals surface area contributed by atoms with Crippen molar-refractivity contribution in [3.63, 3.8) is 0 Å². The summed E-state index contributed by atoms with van der Waals surface area (Å²) >= 11 is 1.27. The van der Waals surface area contributed by atoms with Crippen molar-refractivity contribution in [3.05, 3.63) is 66.2 Å². The van der Waals surface area contributed by atoms with E-state index in [0.29, 0.717) is 16.7 Å². The summed E-state index contributed by atoms with van der Waals surface area (Å²) < 4.78 is 5.61. The Kier molecular flexibility index (Phi) is 4.34. The molecule has 0 spiro atoms. The number of carbonyl (C=O) groups is 1. The van der Waals surface area contributed by atoms with Crippen LogP contribution in [-0.4, -0.2) is 21.2 Å². The van der Waals surface area contributed by atoms with Crippen molar-refractivity contribution in [2.24, 2.45) is 0 Å². The highest BCUT2D eigenvalue weighted by Crippen LogP contribution is 2.27. The van der Waals surface area contributed by atoms with Gasteiger partial charge in [0.2, 0.25) is 5.89 Å². The van der Waals surface area contributed by atoms with Gasteiger partial charge >= 0.3 is 0 Å². The van der Waals surface area contributed by atoms with E-state index in [1.54, 1.807) is 0 Å². The number of ketones is 1. The van der Waals surface area contributed by atoms with Crippen LogP contribution in [-0.2, 0) is 0 Å². The van der Waals surface area contributed by atoms with Crippen LogP contribution in [0.2, 0.25) is 0 Å². The van der Waals surface area contributed by atoms with Crippen molar-refractivity contribution < 1.29 is 9.21 Å². The van der Waals surface area contributed by atoms with E-state index in [1.807, 2.05) is 67.6 Å². The monoisotopic (exact) mass is 310 g/mol. The molecule has 0 saturated heterocycles. The molecule has 2 aromatic carbocycles. The molecule has 0 aliphatic heterocycles. The fourth-order valence-electron chi connectivity index (χ4n) is 2.00. The van der Waals surface area contributed by atoms with E-state index >= 15 is 0 Å². The van der Waals surface area contributed by atoms with Gasteiger partial charge in [0.05, 0.1) is 5.25 Å². The molecule has 0 amide bonds. The maximum absolute atomic E-state index is 12.3. The van der Waals surface area contributed by atoms with E-state index < -0.39 is 0 Å². The molecule has 0 radical (unpaired) electrons. The molecule has 0 aliphatic carbocycles. The van der Waals surface area contributed by atoms with Crippen LogP contribution >= 0.6 is 11.8 Å². The Balaban J connectivity index is 1.71. The predicted octanol–water partition coefficient (Wildman–Crippen LogP) is 4.10. The molecule has 0 saturated carbocycles. The number of aromatic nitrogens is 2. The fourth-order valence-corrected chi connectivity index (χ4v) is 2.76. The maximum atomic E-state index is 12.3. The molecule has 0 aliphatic rings. The summed E-state index contributed by atoms with van der Waals surface area (Å²) in [5, 5.41) is 8.14. The van der Waals surface area contributed by atoms with Gasteiger partial charge in [-0.3, -0.25) is 4.79 Å². The Bertz CT molecular complexity index is 757. The summed E-state index contributed by atoms with van der Waals surface area (Å²) in [7, 11) is 0. The lowest BCUT2D eigenvalue weighted by molar-refractivity contribution is 0.0993. The summed E-state index contributed by atoms with van der Waals surface area (Å²) in [6.45, 7) is 1.84. The van der Waals surface area contributed by atoms with Gasteiger partial charge in [-0.2, -0.15) is 0 Å². The summed E-state index contributed by atoms with van der Waals surface area (Å²) in [5.41, 5.74) is 1.55. The number of carbonyl (C=O) groups excluding carboxylic acids is 1. The Morgan fingerprint density at radius 3 is 2.32 bits per heavy atom. The van der Waals surface area contributed by atoms with Crippen LogP contribution in [0.25, 0.3) is 11.5 Å². The molecule has 110 valence electrons. The van der Waals surface area contributed by atoms with E-state index in [2.05, 4.69) is 10.2 Å². The van der Waals surface area contributed by atoms with E-state index in [1.165, 1.54) is 11.8 Å². The van der Waals surface area contributed by atoms with Gasteiger partial charge in [-0.15, -0.1) is 10.2 Å². The van der Waals surface area contributed by atoms with Crippen LogP contribution in [0.5, 0.6) is 0 Å². The van der Waals surface area contributed by atoms with Gasteiger partial charge < -0.3 is 4.42 Å². The van der Waals surface area contributed by atoms with Crippen LogP contribution in [0, 0.1) is 0 Å². The van der Waals surface area contributed by atoms with Crippen LogP contribution in [0.15, 0.2) is 70.3 Å². The summed E-state index contributed by atoms with van der Waals surface area (Å²) in [6.07, 6.45) is 0. The number of hydrogen-bond donors (Lipinski definition) is 0. The van der Waals surface area contributed by atoms with E-state index in [9.17, 15) is 4.79 Å². The van der Waals surface area contributed by atoms with Crippen molar-refractivity contribution in [3.8, 4) is 11.5 Å². The molecule has 22 heavy (non-hydrogen) atoms. The highest BCUT2D eigenvalue weighted by molar-refractivity contribution is 8.00. The van der Waals surface area contributed by atoms with Crippen molar-refractivity contribution in [2.75, 3.05) is 0 Å². The molecule has 3 aromatic rings. The van der Waals surface area contributed by atoms with Crippen LogP contribution < -0.4 is 0 Å². The lowest BCUT2D eigenvalue weighted by Gasteiger charge is -2.06. The number of hydrogen-bond acceptors (Lipinski definition) is 5. The highest BCUT2D eigenvalue weighted by atomic mass is 32.2. The second-order valence-electron chi connectivity index (χ2n) is 4.73. The molecule has 1 unspecified atom stereocenters. The number of thioether (sulfide) groups is 1. The van der Waals surface area contributed by atoms with Gasteiger partial charge in [-0.05, 0) is 19.1 Å². The quantitative estimate of drug-likeness (QED) is 0.524. The molecule has 0 bridgehead atoms. The van der Waals surface area contributed by atoms with Crippen molar-refractivity contribution >= 4 is 17.5 Å².